The van der Waals surface area contributed by atoms with E-state index >= 15 is 0 Å². The number of carbonyl (C=O) groups excluding carboxylic acids is 1. The quantitative estimate of drug-likeness (QED) is 0.890. The summed E-state index contributed by atoms with van der Waals surface area (Å²) in [5.74, 6) is 0.0530. The summed E-state index contributed by atoms with van der Waals surface area (Å²) >= 11 is 0. The Labute approximate surface area is 135 Å². The highest BCUT2D eigenvalue weighted by molar-refractivity contribution is 5.94. The van der Waals surface area contributed by atoms with Crippen LogP contribution in [0.25, 0.3) is 11.3 Å². The minimum atomic E-state index is 0.0530. The van der Waals surface area contributed by atoms with Crippen LogP contribution in [-0.2, 0) is 0 Å². The van der Waals surface area contributed by atoms with Gasteiger partial charge in [0.15, 0.2) is 0 Å². The fourth-order valence-electron chi connectivity index (χ4n) is 2.98. The monoisotopic (exact) mass is 314 g/mol. The Morgan fingerprint density at radius 1 is 1.30 bits per heavy atom. The first kappa shape index (κ1) is 15.7. The van der Waals surface area contributed by atoms with Crippen molar-refractivity contribution in [3.8, 4) is 11.3 Å². The second kappa shape index (κ2) is 6.93. The molecule has 1 aliphatic rings. The molecule has 1 saturated heterocycles. The van der Waals surface area contributed by atoms with E-state index in [0.717, 1.165) is 24.3 Å². The van der Waals surface area contributed by atoms with Crippen molar-refractivity contribution in [3.63, 3.8) is 0 Å². The maximum Gasteiger partial charge on any atom is 0.253 e. The average molecular weight is 314 g/mol. The molecule has 122 valence electrons. The zero-order valence-corrected chi connectivity index (χ0v) is 13.3. The molecule has 1 aliphatic heterocycles. The van der Waals surface area contributed by atoms with E-state index in [2.05, 4.69) is 15.1 Å². The molecule has 1 aromatic heterocycles. The Bertz CT molecular complexity index is 639. The minimum absolute atomic E-state index is 0.0530. The molecule has 0 saturated carbocycles. The van der Waals surface area contributed by atoms with Crippen LogP contribution in [0.4, 0.5) is 0 Å². The van der Waals surface area contributed by atoms with Crippen LogP contribution in [0.2, 0.25) is 0 Å². The number of amides is 1. The number of aliphatic hydroxyl groups is 1. The average Bonchev–Trinajstić information content (AvgIpc) is 3.11. The molecule has 6 nitrogen and oxygen atoms in total. The summed E-state index contributed by atoms with van der Waals surface area (Å²) in [6.45, 7) is 2.37. The van der Waals surface area contributed by atoms with Crippen LogP contribution in [0.5, 0.6) is 0 Å². The molecule has 2 aromatic rings. The zero-order valence-electron chi connectivity index (χ0n) is 13.3. The molecule has 2 heterocycles. The van der Waals surface area contributed by atoms with E-state index in [-0.39, 0.29) is 18.6 Å². The normalized spacial score (nSPS) is 19.0. The molecule has 6 heteroatoms. The van der Waals surface area contributed by atoms with Crippen molar-refractivity contribution in [2.75, 3.05) is 33.3 Å². The van der Waals surface area contributed by atoms with Crippen molar-refractivity contribution in [3.05, 3.63) is 42.1 Å². The van der Waals surface area contributed by atoms with Crippen LogP contribution < -0.4 is 0 Å². The molecule has 0 aliphatic carbocycles. The van der Waals surface area contributed by atoms with Crippen LogP contribution in [-0.4, -0.2) is 70.3 Å². The molecule has 1 amide bonds. The SMILES string of the molecule is CN1CCN(C(=O)c2ccc(-c3ccn[nH]3)cc2)CC1CCO. The number of aromatic nitrogens is 2. The standard InChI is InChI=1S/C17H22N4O2/c1-20-9-10-21(12-15(20)7-11-22)17(23)14-4-2-13(3-5-14)16-6-8-18-19-16/h2-6,8,15,22H,7,9-12H2,1H3,(H,18,19). The van der Waals surface area contributed by atoms with Gasteiger partial charge in [0.2, 0.25) is 0 Å². The van der Waals surface area contributed by atoms with Crippen molar-refractivity contribution in [1.29, 1.82) is 0 Å². The van der Waals surface area contributed by atoms with E-state index in [1.165, 1.54) is 0 Å². The van der Waals surface area contributed by atoms with E-state index in [1.807, 2.05) is 42.3 Å². The van der Waals surface area contributed by atoms with E-state index in [1.54, 1.807) is 6.20 Å². The van der Waals surface area contributed by atoms with Gasteiger partial charge < -0.3 is 10.0 Å². The van der Waals surface area contributed by atoms with Crippen molar-refractivity contribution in [1.82, 2.24) is 20.0 Å². The van der Waals surface area contributed by atoms with Gasteiger partial charge in [-0.05, 0) is 37.2 Å². The van der Waals surface area contributed by atoms with Gasteiger partial charge in [0.25, 0.3) is 5.91 Å². The summed E-state index contributed by atoms with van der Waals surface area (Å²) in [5.41, 5.74) is 2.64. The number of nitrogens with zero attached hydrogens (tertiary/aromatic N) is 3. The lowest BCUT2D eigenvalue weighted by Gasteiger charge is -2.39. The largest absolute Gasteiger partial charge is 0.396 e. The minimum Gasteiger partial charge on any atom is -0.396 e. The highest BCUT2D eigenvalue weighted by Gasteiger charge is 2.27. The molecule has 0 bridgehead atoms. The first-order valence-corrected chi connectivity index (χ1v) is 7.89. The van der Waals surface area contributed by atoms with Gasteiger partial charge in [-0.15, -0.1) is 0 Å². The van der Waals surface area contributed by atoms with Crippen LogP contribution >= 0.6 is 0 Å². The molecule has 1 atom stereocenters. The second-order valence-corrected chi connectivity index (χ2v) is 5.95. The molecule has 1 unspecified atom stereocenters. The first-order valence-electron chi connectivity index (χ1n) is 7.89. The fourth-order valence-corrected chi connectivity index (χ4v) is 2.98. The van der Waals surface area contributed by atoms with Gasteiger partial charge in [0.05, 0.1) is 5.69 Å². The molecular formula is C17H22N4O2. The highest BCUT2D eigenvalue weighted by Crippen LogP contribution is 2.19. The third-order valence-corrected chi connectivity index (χ3v) is 4.47. The number of H-pyrrole nitrogens is 1. The Morgan fingerprint density at radius 3 is 2.74 bits per heavy atom. The van der Waals surface area contributed by atoms with Crippen LogP contribution in [0.15, 0.2) is 36.5 Å². The summed E-state index contributed by atoms with van der Waals surface area (Å²) in [6.07, 6.45) is 2.40. The van der Waals surface area contributed by atoms with Crippen LogP contribution in [0.3, 0.4) is 0 Å². The van der Waals surface area contributed by atoms with Gasteiger partial charge in [0.1, 0.15) is 0 Å². The molecule has 2 N–H and O–H groups in total. The zero-order chi connectivity index (χ0) is 16.2. The van der Waals surface area contributed by atoms with Crippen molar-refractivity contribution in [2.24, 2.45) is 0 Å². The van der Waals surface area contributed by atoms with E-state index in [4.69, 9.17) is 5.11 Å². The number of aliphatic hydroxyl groups excluding tert-OH is 1. The summed E-state index contributed by atoms with van der Waals surface area (Å²) < 4.78 is 0. The number of likely N-dealkylation sites (N-methyl/N-ethyl adjacent to an activating group) is 1. The molecule has 1 aromatic carbocycles. The number of rotatable bonds is 4. The molecule has 0 radical (unpaired) electrons. The summed E-state index contributed by atoms with van der Waals surface area (Å²) in [5, 5.41) is 16.0. The predicted molar refractivity (Wildman–Crippen MR) is 88.0 cm³/mol. The van der Waals surface area contributed by atoms with Crippen LogP contribution in [0, 0.1) is 0 Å². The smallest absolute Gasteiger partial charge is 0.253 e. The van der Waals surface area contributed by atoms with E-state index < -0.39 is 0 Å². The maximum absolute atomic E-state index is 12.7. The van der Waals surface area contributed by atoms with Gasteiger partial charge in [0, 0.05) is 44.0 Å². The molecule has 0 spiro atoms. The van der Waals surface area contributed by atoms with Crippen LogP contribution in [0.1, 0.15) is 16.8 Å². The molecule has 23 heavy (non-hydrogen) atoms. The number of carbonyl (C=O) groups is 1. The van der Waals surface area contributed by atoms with Gasteiger partial charge in [-0.2, -0.15) is 5.10 Å². The maximum atomic E-state index is 12.7. The van der Waals surface area contributed by atoms with Crippen molar-refractivity contribution >= 4 is 5.91 Å². The third-order valence-electron chi connectivity index (χ3n) is 4.47. The molecular weight excluding hydrogens is 292 g/mol. The number of nitrogens with one attached hydrogen (secondary N) is 1. The Morgan fingerprint density at radius 2 is 2.09 bits per heavy atom. The topological polar surface area (TPSA) is 72.5 Å². The van der Waals surface area contributed by atoms with Crippen molar-refractivity contribution in [2.45, 2.75) is 12.5 Å². The number of piperazine rings is 1. The van der Waals surface area contributed by atoms with Crippen molar-refractivity contribution < 1.29 is 9.90 Å². The van der Waals surface area contributed by atoms with Gasteiger partial charge in [-0.3, -0.25) is 14.8 Å². The van der Waals surface area contributed by atoms with E-state index in [0.29, 0.717) is 18.5 Å². The molecule has 1 fully saturated rings. The number of hydrogen-bond donors (Lipinski definition) is 2. The summed E-state index contributed by atoms with van der Waals surface area (Å²) in [4.78, 5) is 16.8. The predicted octanol–water partition coefficient (Wildman–Crippen LogP) is 1.22. The van der Waals surface area contributed by atoms with Gasteiger partial charge >= 0.3 is 0 Å². The lowest BCUT2D eigenvalue weighted by molar-refractivity contribution is 0.0500. The van der Waals surface area contributed by atoms with Gasteiger partial charge in [-0.25, -0.2) is 0 Å². The first-order chi connectivity index (χ1) is 11.2. The molecule has 3 rings (SSSR count). The lowest BCUT2D eigenvalue weighted by Crippen LogP contribution is -2.53. The van der Waals surface area contributed by atoms with E-state index in [9.17, 15) is 4.79 Å². The second-order valence-electron chi connectivity index (χ2n) is 5.95. The van der Waals surface area contributed by atoms with Gasteiger partial charge in [-0.1, -0.05) is 12.1 Å². The Kier molecular flexibility index (Phi) is 4.73. The fraction of sp³-hybridized carbons (Fsp3) is 0.412. The Hall–Kier alpha value is -2.18. The lowest BCUT2D eigenvalue weighted by atomic mass is 10.1. The Balaban J connectivity index is 1.70. The summed E-state index contributed by atoms with van der Waals surface area (Å²) in [7, 11) is 2.04. The number of hydrogen-bond acceptors (Lipinski definition) is 4. The highest BCUT2D eigenvalue weighted by atomic mass is 16.3. The third kappa shape index (κ3) is 3.43. The number of aromatic amines is 1. The summed E-state index contributed by atoms with van der Waals surface area (Å²) in [6, 6.07) is 9.71. The number of benzene rings is 1.